The summed E-state index contributed by atoms with van der Waals surface area (Å²) in [5, 5.41) is 5.59. The van der Waals surface area contributed by atoms with Crippen LogP contribution >= 0.6 is 0 Å². The van der Waals surface area contributed by atoms with E-state index in [4.69, 9.17) is 0 Å². The summed E-state index contributed by atoms with van der Waals surface area (Å²) in [6.07, 6.45) is 0. The van der Waals surface area contributed by atoms with Gasteiger partial charge < -0.3 is 5.32 Å². The molecule has 3 aromatic rings. The molecule has 0 bridgehead atoms. The third-order valence-electron chi connectivity index (χ3n) is 3.86. The van der Waals surface area contributed by atoms with Crippen molar-refractivity contribution in [3.05, 3.63) is 83.2 Å². The normalized spacial score (nSPS) is 12.5. The van der Waals surface area contributed by atoms with Crippen LogP contribution in [0.1, 0.15) is 22.7 Å². The molecule has 0 saturated carbocycles. The van der Waals surface area contributed by atoms with Crippen molar-refractivity contribution in [3.8, 4) is 0 Å². The maximum Gasteiger partial charge on any atom is 0.128 e. The van der Waals surface area contributed by atoms with Crippen LogP contribution in [0.25, 0.3) is 10.8 Å². The molecule has 0 amide bonds. The van der Waals surface area contributed by atoms with Crippen molar-refractivity contribution < 1.29 is 4.39 Å². The molecule has 3 rings (SSSR count). The Hall–Kier alpha value is -2.19. The van der Waals surface area contributed by atoms with Gasteiger partial charge in [-0.05, 0) is 42.4 Å². The molecular weight excluding hydrogens is 261 g/mol. The summed E-state index contributed by atoms with van der Waals surface area (Å²) in [7, 11) is 1.86. The van der Waals surface area contributed by atoms with Crippen molar-refractivity contribution in [2.45, 2.75) is 13.0 Å². The first-order chi connectivity index (χ1) is 10.2. The predicted octanol–water partition coefficient (Wildman–Crippen LogP) is 4.60. The van der Waals surface area contributed by atoms with Gasteiger partial charge in [0.15, 0.2) is 0 Å². The number of benzene rings is 3. The van der Waals surface area contributed by atoms with E-state index >= 15 is 0 Å². The van der Waals surface area contributed by atoms with Crippen LogP contribution in [0.15, 0.2) is 60.7 Å². The van der Waals surface area contributed by atoms with Crippen molar-refractivity contribution in [1.29, 1.82) is 0 Å². The second kappa shape index (κ2) is 5.66. The lowest BCUT2D eigenvalue weighted by Crippen LogP contribution is -2.19. The molecule has 0 saturated heterocycles. The van der Waals surface area contributed by atoms with E-state index in [1.54, 1.807) is 6.07 Å². The Morgan fingerprint density at radius 1 is 0.905 bits per heavy atom. The van der Waals surface area contributed by atoms with Crippen molar-refractivity contribution in [2.75, 3.05) is 7.05 Å². The molecule has 2 heteroatoms. The minimum atomic E-state index is -0.173. The van der Waals surface area contributed by atoms with E-state index in [-0.39, 0.29) is 11.9 Å². The fourth-order valence-corrected chi connectivity index (χ4v) is 2.77. The van der Waals surface area contributed by atoms with E-state index in [2.05, 4.69) is 35.6 Å². The van der Waals surface area contributed by atoms with Crippen LogP contribution in [0.2, 0.25) is 0 Å². The number of nitrogens with one attached hydrogen (secondary N) is 1. The van der Waals surface area contributed by atoms with Gasteiger partial charge in [-0.15, -0.1) is 0 Å². The van der Waals surface area contributed by atoms with Gasteiger partial charge >= 0.3 is 0 Å². The number of fused-ring (bicyclic) bond motifs is 1. The maximum absolute atomic E-state index is 14.2. The quantitative estimate of drug-likeness (QED) is 0.739. The van der Waals surface area contributed by atoms with E-state index in [0.717, 1.165) is 11.1 Å². The summed E-state index contributed by atoms with van der Waals surface area (Å²) in [4.78, 5) is 0. The van der Waals surface area contributed by atoms with Crippen molar-refractivity contribution in [3.63, 3.8) is 0 Å². The summed E-state index contributed by atoms with van der Waals surface area (Å²) in [5.41, 5.74) is 2.82. The Labute approximate surface area is 124 Å². The van der Waals surface area contributed by atoms with Gasteiger partial charge in [0, 0.05) is 5.56 Å². The number of halogens is 1. The van der Waals surface area contributed by atoms with Gasteiger partial charge in [0.25, 0.3) is 0 Å². The van der Waals surface area contributed by atoms with Crippen LogP contribution in [0.4, 0.5) is 4.39 Å². The maximum atomic E-state index is 14.2. The summed E-state index contributed by atoms with van der Waals surface area (Å²) in [5.74, 6) is -0.173. The first-order valence-electron chi connectivity index (χ1n) is 7.11. The standard InChI is InChI=1S/C19H18FN/c1-13-7-10-18(20)17(11-13)19(21-2)16-9-8-14-5-3-4-6-15(14)12-16/h3-12,19,21H,1-2H3. The van der Waals surface area contributed by atoms with Gasteiger partial charge in [0.05, 0.1) is 6.04 Å². The largest absolute Gasteiger partial charge is 0.309 e. The molecule has 1 N–H and O–H groups in total. The average Bonchev–Trinajstić information content (AvgIpc) is 2.51. The molecule has 0 aliphatic carbocycles. The second-order valence-electron chi connectivity index (χ2n) is 5.35. The molecule has 1 unspecified atom stereocenters. The van der Waals surface area contributed by atoms with Crippen LogP contribution < -0.4 is 5.32 Å². The predicted molar refractivity (Wildman–Crippen MR) is 86.0 cm³/mol. The lowest BCUT2D eigenvalue weighted by Gasteiger charge is -2.19. The van der Waals surface area contributed by atoms with Crippen molar-refractivity contribution in [1.82, 2.24) is 5.32 Å². The highest BCUT2D eigenvalue weighted by Crippen LogP contribution is 2.27. The third-order valence-corrected chi connectivity index (χ3v) is 3.86. The van der Waals surface area contributed by atoms with Crippen LogP contribution in [-0.2, 0) is 0 Å². The second-order valence-corrected chi connectivity index (χ2v) is 5.35. The van der Waals surface area contributed by atoms with Gasteiger partial charge in [0.2, 0.25) is 0 Å². The smallest absolute Gasteiger partial charge is 0.128 e. The zero-order valence-corrected chi connectivity index (χ0v) is 12.2. The van der Waals surface area contributed by atoms with Crippen LogP contribution in [0.3, 0.4) is 0 Å². The van der Waals surface area contributed by atoms with Gasteiger partial charge in [-0.3, -0.25) is 0 Å². The molecule has 1 atom stereocenters. The molecule has 21 heavy (non-hydrogen) atoms. The molecule has 0 aliphatic heterocycles. The minimum Gasteiger partial charge on any atom is -0.309 e. The molecule has 0 spiro atoms. The number of aryl methyl sites for hydroxylation is 1. The monoisotopic (exact) mass is 279 g/mol. The Kier molecular flexibility index (Phi) is 3.72. The van der Waals surface area contributed by atoms with Gasteiger partial charge in [-0.1, -0.05) is 54.1 Å². The molecular formula is C19H18FN. The summed E-state index contributed by atoms with van der Waals surface area (Å²) in [6, 6.07) is 19.6. The topological polar surface area (TPSA) is 12.0 Å². The fraction of sp³-hybridized carbons (Fsp3) is 0.158. The van der Waals surface area contributed by atoms with E-state index in [0.29, 0.717) is 5.56 Å². The summed E-state index contributed by atoms with van der Waals surface area (Å²) in [6.45, 7) is 1.98. The average molecular weight is 279 g/mol. The van der Waals surface area contributed by atoms with Gasteiger partial charge in [0.1, 0.15) is 5.82 Å². The Balaban J connectivity index is 2.11. The molecule has 106 valence electrons. The highest BCUT2D eigenvalue weighted by atomic mass is 19.1. The van der Waals surface area contributed by atoms with Gasteiger partial charge in [-0.25, -0.2) is 4.39 Å². The lowest BCUT2D eigenvalue weighted by atomic mass is 9.95. The molecule has 0 fully saturated rings. The van der Waals surface area contributed by atoms with Crippen LogP contribution in [-0.4, -0.2) is 7.05 Å². The molecule has 0 aliphatic rings. The fourth-order valence-electron chi connectivity index (χ4n) is 2.77. The molecule has 3 aromatic carbocycles. The zero-order chi connectivity index (χ0) is 14.8. The zero-order valence-electron chi connectivity index (χ0n) is 12.2. The first-order valence-corrected chi connectivity index (χ1v) is 7.11. The molecule has 0 radical (unpaired) electrons. The Morgan fingerprint density at radius 3 is 2.43 bits per heavy atom. The summed E-state index contributed by atoms with van der Waals surface area (Å²) < 4.78 is 14.2. The Morgan fingerprint density at radius 2 is 1.67 bits per heavy atom. The van der Waals surface area contributed by atoms with Crippen molar-refractivity contribution in [2.24, 2.45) is 0 Å². The van der Waals surface area contributed by atoms with Gasteiger partial charge in [-0.2, -0.15) is 0 Å². The third kappa shape index (κ3) is 2.67. The molecule has 0 aromatic heterocycles. The minimum absolute atomic E-state index is 0.144. The SMILES string of the molecule is CNC(c1ccc2ccccc2c1)c1cc(C)ccc1F. The number of hydrogen-bond acceptors (Lipinski definition) is 1. The van der Waals surface area contributed by atoms with Crippen LogP contribution in [0, 0.1) is 12.7 Å². The highest BCUT2D eigenvalue weighted by Gasteiger charge is 2.16. The Bertz CT molecular complexity index is 779. The lowest BCUT2D eigenvalue weighted by molar-refractivity contribution is 0.576. The van der Waals surface area contributed by atoms with Crippen molar-refractivity contribution >= 4 is 10.8 Å². The van der Waals surface area contributed by atoms with Crippen LogP contribution in [0.5, 0.6) is 0 Å². The van der Waals surface area contributed by atoms with E-state index < -0.39 is 0 Å². The molecule has 0 heterocycles. The number of rotatable bonds is 3. The van der Waals surface area contributed by atoms with E-state index in [1.165, 1.54) is 16.8 Å². The summed E-state index contributed by atoms with van der Waals surface area (Å²) >= 11 is 0. The molecule has 1 nitrogen and oxygen atoms in total. The van der Waals surface area contributed by atoms with E-state index in [9.17, 15) is 4.39 Å². The highest BCUT2D eigenvalue weighted by molar-refractivity contribution is 5.83. The first kappa shape index (κ1) is 13.8. The number of hydrogen-bond donors (Lipinski definition) is 1. The van der Waals surface area contributed by atoms with E-state index in [1.807, 2.05) is 32.2 Å².